The Morgan fingerprint density at radius 1 is 0.973 bits per heavy atom. The van der Waals surface area contributed by atoms with Gasteiger partial charge in [0.1, 0.15) is 18.7 Å². The number of esters is 2. The van der Waals surface area contributed by atoms with Gasteiger partial charge in [-0.05, 0) is 63.0 Å². The number of benzene rings is 2. The summed E-state index contributed by atoms with van der Waals surface area (Å²) in [6.07, 6.45) is 4.78. The lowest BCUT2D eigenvalue weighted by Crippen LogP contribution is -2.55. The van der Waals surface area contributed by atoms with E-state index >= 15 is 0 Å². The summed E-state index contributed by atoms with van der Waals surface area (Å²) in [5, 5.41) is 3.23. The molecule has 1 aliphatic heterocycles. The van der Waals surface area contributed by atoms with E-state index in [1.807, 2.05) is 60.7 Å². The van der Waals surface area contributed by atoms with Crippen molar-refractivity contribution in [3.05, 3.63) is 71.8 Å². The van der Waals surface area contributed by atoms with Crippen LogP contribution in [-0.4, -0.2) is 53.5 Å². The smallest absolute Gasteiger partial charge is 0.329 e. The van der Waals surface area contributed by atoms with Gasteiger partial charge in [0, 0.05) is 6.04 Å². The first-order valence-electron chi connectivity index (χ1n) is 13.5. The van der Waals surface area contributed by atoms with E-state index in [0.29, 0.717) is 25.2 Å². The second kappa shape index (κ2) is 12.9. The van der Waals surface area contributed by atoms with Crippen molar-refractivity contribution >= 4 is 17.8 Å². The van der Waals surface area contributed by atoms with Gasteiger partial charge < -0.3 is 14.4 Å². The van der Waals surface area contributed by atoms with Crippen LogP contribution in [0.5, 0.6) is 0 Å². The van der Waals surface area contributed by atoms with Crippen molar-refractivity contribution in [3.8, 4) is 0 Å². The molecular formula is C30H38N2O5. The molecule has 1 heterocycles. The molecule has 1 saturated carbocycles. The molecule has 5 atom stereocenters. The lowest BCUT2D eigenvalue weighted by Gasteiger charge is -2.32. The van der Waals surface area contributed by atoms with Crippen LogP contribution in [0.3, 0.4) is 0 Å². The molecule has 1 aliphatic carbocycles. The average Bonchev–Trinajstić information content (AvgIpc) is 3.52. The fraction of sp³-hybridized carbons (Fsp3) is 0.500. The van der Waals surface area contributed by atoms with Crippen molar-refractivity contribution in [1.82, 2.24) is 10.2 Å². The van der Waals surface area contributed by atoms with Gasteiger partial charge in [-0.3, -0.25) is 14.9 Å². The molecule has 1 amide bonds. The summed E-state index contributed by atoms with van der Waals surface area (Å²) in [7, 11) is 0. The normalized spacial score (nSPS) is 22.2. The molecule has 0 radical (unpaired) electrons. The third kappa shape index (κ3) is 6.77. The molecule has 7 heteroatoms. The number of nitrogens with one attached hydrogen (secondary N) is 1. The largest absolute Gasteiger partial charge is 0.465 e. The molecule has 1 saturated heterocycles. The van der Waals surface area contributed by atoms with Gasteiger partial charge in [0.15, 0.2) is 0 Å². The third-order valence-electron chi connectivity index (χ3n) is 7.55. The third-order valence-corrected chi connectivity index (χ3v) is 7.55. The van der Waals surface area contributed by atoms with Crippen molar-refractivity contribution in [3.63, 3.8) is 0 Å². The highest BCUT2D eigenvalue weighted by molar-refractivity contribution is 5.89. The van der Waals surface area contributed by atoms with Crippen molar-refractivity contribution in [2.45, 2.75) is 83.1 Å². The standard InChI is InChI=1S/C30H38N2O5/c1-3-36-29(34)25(18-17-22-11-6-4-7-12-22)31-21(2)28(33)32-26-16-10-15-24(26)19-27(32)30(35)37-20-23-13-8-5-9-14-23/h4-9,11-14,21,24-27,31H,3,10,15-20H2,1-2H3/t21-,24?,25-,26?,27+/m1/s1. The van der Waals surface area contributed by atoms with Crippen LogP contribution < -0.4 is 5.32 Å². The predicted molar refractivity (Wildman–Crippen MR) is 140 cm³/mol. The van der Waals surface area contributed by atoms with E-state index in [9.17, 15) is 14.4 Å². The second-order valence-corrected chi connectivity index (χ2v) is 10.1. The fourth-order valence-corrected chi connectivity index (χ4v) is 5.71. The highest BCUT2D eigenvalue weighted by Crippen LogP contribution is 2.42. The van der Waals surface area contributed by atoms with Gasteiger partial charge in [0.25, 0.3) is 0 Å². The lowest BCUT2D eigenvalue weighted by atomic mass is 10.0. The Labute approximate surface area is 219 Å². The maximum atomic E-state index is 13.8. The SMILES string of the molecule is CCOC(=O)[C@@H](CCc1ccccc1)N[C@H](C)C(=O)N1C2CCCC2C[C@H]1C(=O)OCc1ccccc1. The van der Waals surface area contributed by atoms with Crippen LogP contribution >= 0.6 is 0 Å². The first-order chi connectivity index (χ1) is 18.0. The number of hydrogen-bond donors (Lipinski definition) is 1. The summed E-state index contributed by atoms with van der Waals surface area (Å²) in [5.74, 6) is -0.573. The number of carbonyl (C=O) groups is 3. The van der Waals surface area contributed by atoms with E-state index in [2.05, 4.69) is 5.32 Å². The molecule has 4 rings (SSSR count). The van der Waals surface area contributed by atoms with E-state index in [4.69, 9.17) is 9.47 Å². The number of fused-ring (bicyclic) bond motifs is 1. The van der Waals surface area contributed by atoms with Gasteiger partial charge in [-0.1, -0.05) is 67.1 Å². The number of aryl methyl sites for hydroxylation is 1. The van der Waals surface area contributed by atoms with Crippen LogP contribution in [0.15, 0.2) is 60.7 Å². The maximum Gasteiger partial charge on any atom is 0.329 e. The number of hydrogen-bond acceptors (Lipinski definition) is 6. The molecule has 0 aromatic heterocycles. The number of likely N-dealkylation sites (tertiary alicyclic amines) is 1. The van der Waals surface area contributed by atoms with Gasteiger partial charge in [0.05, 0.1) is 12.6 Å². The molecule has 2 fully saturated rings. The average molecular weight is 507 g/mol. The van der Waals surface area contributed by atoms with Crippen LogP contribution in [0.1, 0.15) is 57.1 Å². The molecule has 37 heavy (non-hydrogen) atoms. The molecule has 2 aliphatic rings. The molecular weight excluding hydrogens is 468 g/mol. The summed E-state index contributed by atoms with van der Waals surface area (Å²) >= 11 is 0. The monoisotopic (exact) mass is 506 g/mol. The molecule has 198 valence electrons. The van der Waals surface area contributed by atoms with Gasteiger partial charge in [-0.2, -0.15) is 0 Å². The molecule has 1 N–H and O–H groups in total. The molecule has 2 aromatic carbocycles. The van der Waals surface area contributed by atoms with Gasteiger partial charge in [-0.15, -0.1) is 0 Å². The zero-order valence-electron chi connectivity index (χ0n) is 21.8. The van der Waals surface area contributed by atoms with Crippen molar-refractivity contribution < 1.29 is 23.9 Å². The first kappa shape index (κ1) is 26.9. The van der Waals surface area contributed by atoms with Crippen molar-refractivity contribution in [2.75, 3.05) is 6.61 Å². The lowest BCUT2D eigenvalue weighted by molar-refractivity contribution is -0.156. The van der Waals surface area contributed by atoms with Gasteiger partial charge >= 0.3 is 11.9 Å². The molecule has 7 nitrogen and oxygen atoms in total. The Morgan fingerprint density at radius 2 is 1.65 bits per heavy atom. The minimum absolute atomic E-state index is 0.0383. The second-order valence-electron chi connectivity index (χ2n) is 10.1. The zero-order valence-corrected chi connectivity index (χ0v) is 21.8. The minimum atomic E-state index is -0.644. The molecule has 0 spiro atoms. The van der Waals surface area contributed by atoms with E-state index in [1.165, 1.54) is 0 Å². The first-order valence-corrected chi connectivity index (χ1v) is 13.5. The van der Waals surface area contributed by atoms with Gasteiger partial charge in [-0.25, -0.2) is 4.79 Å². The molecule has 2 unspecified atom stereocenters. The Kier molecular flexibility index (Phi) is 9.34. The number of rotatable bonds is 11. The quantitative estimate of drug-likeness (QED) is 0.463. The number of nitrogens with zero attached hydrogens (tertiary/aromatic N) is 1. The van der Waals surface area contributed by atoms with Crippen LogP contribution in [0.2, 0.25) is 0 Å². The van der Waals surface area contributed by atoms with E-state index in [-0.39, 0.29) is 37.1 Å². The Morgan fingerprint density at radius 3 is 2.32 bits per heavy atom. The highest BCUT2D eigenvalue weighted by Gasteiger charge is 2.50. The molecule has 0 bridgehead atoms. The summed E-state index contributed by atoms with van der Waals surface area (Å²) in [5.41, 5.74) is 2.03. The van der Waals surface area contributed by atoms with Gasteiger partial charge in [0.2, 0.25) is 5.91 Å². The van der Waals surface area contributed by atoms with E-state index < -0.39 is 18.1 Å². The summed E-state index contributed by atoms with van der Waals surface area (Å²) in [4.78, 5) is 41.4. The highest BCUT2D eigenvalue weighted by atomic mass is 16.5. The summed E-state index contributed by atoms with van der Waals surface area (Å²) < 4.78 is 10.9. The topological polar surface area (TPSA) is 84.9 Å². The Balaban J connectivity index is 1.43. The van der Waals surface area contributed by atoms with Crippen molar-refractivity contribution in [1.29, 1.82) is 0 Å². The van der Waals surface area contributed by atoms with Crippen LogP contribution in [-0.2, 0) is 36.9 Å². The number of amides is 1. The van der Waals surface area contributed by atoms with E-state index in [1.54, 1.807) is 18.7 Å². The molecule has 2 aromatic rings. The Bertz CT molecular complexity index is 1040. The van der Waals surface area contributed by atoms with Crippen molar-refractivity contribution in [2.24, 2.45) is 5.92 Å². The Hall–Kier alpha value is -3.19. The zero-order chi connectivity index (χ0) is 26.2. The number of carbonyl (C=O) groups excluding carboxylic acids is 3. The van der Waals surface area contributed by atoms with Crippen LogP contribution in [0, 0.1) is 5.92 Å². The predicted octanol–water partition coefficient (Wildman–Crippen LogP) is 4.04. The summed E-state index contributed by atoms with van der Waals surface area (Å²) in [6, 6.07) is 17.7. The fourth-order valence-electron chi connectivity index (χ4n) is 5.71. The maximum absolute atomic E-state index is 13.8. The van der Waals surface area contributed by atoms with Crippen LogP contribution in [0.25, 0.3) is 0 Å². The van der Waals surface area contributed by atoms with Crippen LogP contribution in [0.4, 0.5) is 0 Å². The minimum Gasteiger partial charge on any atom is -0.465 e. The van der Waals surface area contributed by atoms with E-state index in [0.717, 1.165) is 30.4 Å². The summed E-state index contributed by atoms with van der Waals surface area (Å²) in [6.45, 7) is 4.00. The number of ether oxygens (including phenoxy) is 2.